The van der Waals surface area contributed by atoms with Crippen molar-refractivity contribution < 1.29 is 18.3 Å². The van der Waals surface area contributed by atoms with E-state index in [0.29, 0.717) is 5.56 Å². The van der Waals surface area contributed by atoms with Crippen LogP contribution in [0.5, 0.6) is 0 Å². The van der Waals surface area contributed by atoms with Crippen molar-refractivity contribution in [2.45, 2.75) is 31.6 Å². The quantitative estimate of drug-likeness (QED) is 0.772. The molecule has 0 saturated heterocycles. The van der Waals surface area contributed by atoms with E-state index in [9.17, 15) is 8.78 Å². The fraction of sp³-hybridized carbons (Fsp3) is 0.412. The lowest BCUT2D eigenvalue weighted by molar-refractivity contribution is 0.00220. The van der Waals surface area contributed by atoms with Crippen LogP contribution < -0.4 is 0 Å². The van der Waals surface area contributed by atoms with Gasteiger partial charge in [0.25, 0.3) is 0 Å². The van der Waals surface area contributed by atoms with Gasteiger partial charge in [0, 0.05) is 5.92 Å². The summed E-state index contributed by atoms with van der Waals surface area (Å²) in [4.78, 5) is 0. The summed E-state index contributed by atoms with van der Waals surface area (Å²) < 4.78 is 37.8. The molecule has 0 radical (unpaired) electrons. The number of rotatable bonds is 2. The van der Waals surface area contributed by atoms with Gasteiger partial charge in [0.05, 0.1) is 0 Å². The number of halogens is 2. The summed E-state index contributed by atoms with van der Waals surface area (Å²) in [6.07, 6.45) is 4.92. The number of hydrogen-bond acceptors (Lipinski definition) is 3. The summed E-state index contributed by atoms with van der Waals surface area (Å²) in [6, 6.07) is 4.13. The molecule has 5 heteroatoms. The lowest BCUT2D eigenvalue weighted by atomic mass is 9.78. The van der Waals surface area contributed by atoms with Gasteiger partial charge in [-0.25, -0.2) is 8.78 Å². The van der Waals surface area contributed by atoms with Gasteiger partial charge in [0.1, 0.15) is 35.3 Å². The van der Waals surface area contributed by atoms with Crippen molar-refractivity contribution in [3.8, 4) is 6.07 Å². The second kappa shape index (κ2) is 6.21. The van der Waals surface area contributed by atoms with Crippen molar-refractivity contribution in [2.24, 2.45) is 5.92 Å². The SMILES string of the molecule is N#Cc1c(F)cc(C2CCC(C3=C=COCO3)CC2)cc1F. The van der Waals surface area contributed by atoms with Gasteiger partial charge in [-0.2, -0.15) is 5.26 Å². The van der Waals surface area contributed by atoms with Crippen LogP contribution >= 0.6 is 0 Å². The molecule has 114 valence electrons. The first kappa shape index (κ1) is 14.6. The van der Waals surface area contributed by atoms with Crippen molar-refractivity contribution in [3.05, 3.63) is 52.6 Å². The number of nitriles is 1. The number of benzene rings is 1. The van der Waals surface area contributed by atoms with Gasteiger partial charge in [-0.3, -0.25) is 0 Å². The molecule has 0 amide bonds. The van der Waals surface area contributed by atoms with E-state index >= 15 is 0 Å². The van der Waals surface area contributed by atoms with Gasteiger partial charge in [0.2, 0.25) is 6.79 Å². The fourth-order valence-electron chi connectivity index (χ4n) is 3.13. The van der Waals surface area contributed by atoms with Crippen LogP contribution in [0.25, 0.3) is 0 Å². The maximum Gasteiger partial charge on any atom is 0.231 e. The zero-order valence-electron chi connectivity index (χ0n) is 11.9. The van der Waals surface area contributed by atoms with Crippen LogP contribution in [0.1, 0.15) is 42.7 Å². The molecule has 1 aliphatic carbocycles. The topological polar surface area (TPSA) is 42.2 Å². The molecule has 1 fully saturated rings. The average Bonchev–Trinajstić information content (AvgIpc) is 2.55. The molecule has 1 saturated carbocycles. The summed E-state index contributed by atoms with van der Waals surface area (Å²) >= 11 is 0. The highest BCUT2D eigenvalue weighted by atomic mass is 19.1. The molecule has 1 aliphatic heterocycles. The minimum atomic E-state index is -0.780. The van der Waals surface area contributed by atoms with E-state index in [1.807, 2.05) is 0 Å². The highest BCUT2D eigenvalue weighted by molar-refractivity contribution is 5.36. The molecule has 22 heavy (non-hydrogen) atoms. The molecule has 0 N–H and O–H groups in total. The Hall–Kier alpha value is -2.31. The molecule has 1 aromatic rings. The second-order valence-corrected chi connectivity index (χ2v) is 5.58. The first-order valence-corrected chi connectivity index (χ1v) is 7.27. The Kier molecular flexibility index (Phi) is 4.13. The van der Waals surface area contributed by atoms with E-state index in [2.05, 4.69) is 5.73 Å². The van der Waals surface area contributed by atoms with E-state index in [-0.39, 0.29) is 18.6 Å². The summed E-state index contributed by atoms with van der Waals surface area (Å²) in [5.41, 5.74) is 3.09. The van der Waals surface area contributed by atoms with Crippen LogP contribution in [0.4, 0.5) is 8.78 Å². The van der Waals surface area contributed by atoms with Gasteiger partial charge in [-0.05, 0) is 55.0 Å². The van der Waals surface area contributed by atoms with Crippen LogP contribution in [0.2, 0.25) is 0 Å². The van der Waals surface area contributed by atoms with E-state index in [1.165, 1.54) is 18.4 Å². The van der Waals surface area contributed by atoms with E-state index < -0.39 is 17.2 Å². The van der Waals surface area contributed by atoms with Crippen LogP contribution in [0.3, 0.4) is 0 Å². The molecule has 1 aromatic carbocycles. The minimum Gasteiger partial charge on any atom is -0.457 e. The van der Waals surface area contributed by atoms with E-state index in [0.717, 1.165) is 31.4 Å². The number of allylic oxidation sites excluding steroid dienone is 1. The Morgan fingerprint density at radius 2 is 1.73 bits per heavy atom. The predicted molar refractivity (Wildman–Crippen MR) is 74.4 cm³/mol. The lowest BCUT2D eigenvalue weighted by Gasteiger charge is -2.30. The first-order chi connectivity index (χ1) is 10.7. The summed E-state index contributed by atoms with van der Waals surface area (Å²) in [5.74, 6) is -0.361. The van der Waals surface area contributed by atoms with Gasteiger partial charge in [-0.1, -0.05) is 0 Å². The Bertz CT molecular complexity index is 655. The van der Waals surface area contributed by atoms with E-state index in [4.69, 9.17) is 14.7 Å². The van der Waals surface area contributed by atoms with Crippen molar-refractivity contribution in [3.63, 3.8) is 0 Å². The normalized spacial score (nSPS) is 24.0. The van der Waals surface area contributed by atoms with Gasteiger partial charge in [0.15, 0.2) is 0 Å². The van der Waals surface area contributed by atoms with Crippen molar-refractivity contribution in [1.82, 2.24) is 0 Å². The number of ether oxygens (including phenoxy) is 2. The van der Waals surface area contributed by atoms with Gasteiger partial charge in [-0.15, -0.1) is 0 Å². The first-order valence-electron chi connectivity index (χ1n) is 7.27. The summed E-state index contributed by atoms with van der Waals surface area (Å²) in [7, 11) is 0. The minimum absolute atomic E-state index is 0.109. The van der Waals surface area contributed by atoms with Crippen LogP contribution in [-0.2, 0) is 9.47 Å². The monoisotopic (exact) mass is 303 g/mol. The summed E-state index contributed by atoms with van der Waals surface area (Å²) in [5, 5.41) is 8.71. The Labute approximate surface area is 127 Å². The van der Waals surface area contributed by atoms with Crippen molar-refractivity contribution in [2.75, 3.05) is 6.79 Å². The number of hydrogen-bond donors (Lipinski definition) is 0. The van der Waals surface area contributed by atoms with Gasteiger partial charge >= 0.3 is 0 Å². The molecule has 0 aromatic heterocycles. The molecule has 0 spiro atoms. The van der Waals surface area contributed by atoms with E-state index in [1.54, 1.807) is 6.07 Å². The molecular weight excluding hydrogens is 288 g/mol. The highest BCUT2D eigenvalue weighted by Crippen LogP contribution is 2.39. The van der Waals surface area contributed by atoms with Crippen molar-refractivity contribution in [1.29, 1.82) is 5.26 Å². The van der Waals surface area contributed by atoms with Gasteiger partial charge < -0.3 is 9.47 Å². The Balaban J connectivity index is 1.72. The highest BCUT2D eigenvalue weighted by Gasteiger charge is 2.27. The molecule has 0 atom stereocenters. The largest absolute Gasteiger partial charge is 0.457 e. The van der Waals surface area contributed by atoms with Crippen molar-refractivity contribution >= 4 is 0 Å². The molecule has 0 unspecified atom stereocenters. The average molecular weight is 303 g/mol. The van der Waals surface area contributed by atoms with Crippen LogP contribution in [-0.4, -0.2) is 6.79 Å². The molecule has 3 nitrogen and oxygen atoms in total. The second-order valence-electron chi connectivity index (χ2n) is 5.58. The zero-order valence-corrected chi connectivity index (χ0v) is 11.9. The molecule has 0 bridgehead atoms. The molecule has 1 heterocycles. The maximum absolute atomic E-state index is 13.7. The maximum atomic E-state index is 13.7. The Morgan fingerprint density at radius 1 is 1.09 bits per heavy atom. The fourth-order valence-corrected chi connectivity index (χ4v) is 3.13. The molecule has 3 rings (SSSR count). The third kappa shape index (κ3) is 2.84. The van der Waals surface area contributed by atoms with Crippen LogP contribution in [0.15, 0.2) is 29.9 Å². The summed E-state index contributed by atoms with van der Waals surface area (Å²) in [6.45, 7) is 0.217. The third-order valence-electron chi connectivity index (χ3n) is 4.31. The Morgan fingerprint density at radius 3 is 2.27 bits per heavy atom. The predicted octanol–water partition coefficient (Wildman–Crippen LogP) is 4.11. The molecular formula is C17H15F2NO2. The standard InChI is InChI=1S/C17H15F2NO2/c18-15-7-13(8-16(19)14(15)9-20)11-1-3-12(4-2-11)17-5-6-21-10-22-17/h6-8,11-12H,1-4,10H2. The lowest BCUT2D eigenvalue weighted by Crippen LogP contribution is -2.18. The van der Waals surface area contributed by atoms with Crippen LogP contribution in [0, 0.1) is 28.9 Å². The smallest absolute Gasteiger partial charge is 0.231 e. The number of nitrogens with zero attached hydrogens (tertiary/aromatic N) is 1. The third-order valence-corrected chi connectivity index (χ3v) is 4.31. The zero-order chi connectivity index (χ0) is 15.5. The molecule has 2 aliphatic rings.